The minimum Gasteiger partial charge on any atom is -0.480 e. The van der Waals surface area contributed by atoms with E-state index in [2.05, 4.69) is 0 Å². The van der Waals surface area contributed by atoms with Gasteiger partial charge in [0.25, 0.3) is 0 Å². The number of carbonyl (C=O) groups is 2. The van der Waals surface area contributed by atoms with Gasteiger partial charge in [-0.15, -0.1) is 0 Å². The number of benzene rings is 2. The number of ether oxygens (including phenoxy) is 3. The zero-order chi connectivity index (χ0) is 17.5. The minimum atomic E-state index is -0.683. The largest absolute Gasteiger partial charge is 0.480 e. The summed E-state index contributed by atoms with van der Waals surface area (Å²) < 4.78 is 15.4. The summed E-state index contributed by atoms with van der Waals surface area (Å²) in [7, 11) is 0. The fraction of sp³-hybridized carbons (Fsp3) is 0.176. The van der Waals surface area contributed by atoms with Crippen LogP contribution >= 0.6 is 23.2 Å². The molecule has 0 aliphatic rings. The summed E-state index contributed by atoms with van der Waals surface area (Å²) in [6.45, 7) is 1.54. The molecule has 0 aromatic heterocycles. The number of hydrogen-bond acceptors (Lipinski definition) is 5. The van der Waals surface area contributed by atoms with E-state index in [0.717, 1.165) is 0 Å². The van der Waals surface area contributed by atoms with Crippen LogP contribution in [0.2, 0.25) is 10.0 Å². The van der Waals surface area contributed by atoms with Crippen LogP contribution in [0, 0.1) is 0 Å². The molecule has 2 aromatic rings. The zero-order valence-electron chi connectivity index (χ0n) is 12.8. The van der Waals surface area contributed by atoms with E-state index in [0.29, 0.717) is 10.8 Å². The molecule has 2 rings (SSSR count). The van der Waals surface area contributed by atoms with Gasteiger partial charge >= 0.3 is 11.9 Å². The molecule has 0 unspecified atom stereocenters. The van der Waals surface area contributed by atoms with Gasteiger partial charge in [0.1, 0.15) is 17.1 Å². The molecule has 2 aromatic carbocycles. The van der Waals surface area contributed by atoms with Gasteiger partial charge in [0.15, 0.2) is 6.61 Å². The van der Waals surface area contributed by atoms with Crippen LogP contribution in [0.5, 0.6) is 11.5 Å². The smallest absolute Gasteiger partial charge is 0.349 e. The summed E-state index contributed by atoms with van der Waals surface area (Å²) in [4.78, 5) is 23.8. The Balaban J connectivity index is 2.01. The number of hydrogen-bond donors (Lipinski definition) is 0. The van der Waals surface area contributed by atoms with Crippen LogP contribution in [0.1, 0.15) is 17.3 Å². The van der Waals surface area contributed by atoms with E-state index in [-0.39, 0.29) is 29.5 Å². The lowest BCUT2D eigenvalue weighted by molar-refractivity contribution is -0.136. The monoisotopic (exact) mass is 368 g/mol. The van der Waals surface area contributed by atoms with Gasteiger partial charge in [0, 0.05) is 5.02 Å². The Bertz CT molecular complexity index is 746. The first-order valence-electron chi connectivity index (χ1n) is 7.06. The molecule has 5 nitrogen and oxygen atoms in total. The van der Waals surface area contributed by atoms with Crippen molar-refractivity contribution in [2.75, 3.05) is 13.2 Å². The molecule has 126 valence electrons. The normalized spacial score (nSPS) is 10.1. The van der Waals surface area contributed by atoms with Gasteiger partial charge in [-0.1, -0.05) is 35.3 Å². The maximum atomic E-state index is 11.9. The van der Waals surface area contributed by atoms with E-state index in [4.69, 9.17) is 37.4 Å². The predicted molar refractivity (Wildman–Crippen MR) is 90.0 cm³/mol. The molecular weight excluding hydrogens is 355 g/mol. The van der Waals surface area contributed by atoms with Crippen molar-refractivity contribution in [2.45, 2.75) is 6.92 Å². The number of carbonyl (C=O) groups excluding carboxylic acids is 2. The average Bonchev–Trinajstić information content (AvgIpc) is 2.54. The zero-order valence-corrected chi connectivity index (χ0v) is 14.3. The van der Waals surface area contributed by atoms with E-state index < -0.39 is 11.9 Å². The second-order valence-corrected chi connectivity index (χ2v) is 5.40. The Hall–Kier alpha value is -2.24. The Morgan fingerprint density at radius 3 is 2.50 bits per heavy atom. The van der Waals surface area contributed by atoms with Crippen LogP contribution < -0.4 is 9.47 Å². The topological polar surface area (TPSA) is 61.8 Å². The van der Waals surface area contributed by atoms with Crippen molar-refractivity contribution in [2.24, 2.45) is 0 Å². The van der Waals surface area contributed by atoms with Gasteiger partial charge < -0.3 is 14.2 Å². The van der Waals surface area contributed by atoms with Crippen LogP contribution in [0.3, 0.4) is 0 Å². The van der Waals surface area contributed by atoms with E-state index in [9.17, 15) is 9.59 Å². The highest BCUT2D eigenvalue weighted by atomic mass is 35.5. The molecule has 24 heavy (non-hydrogen) atoms. The summed E-state index contributed by atoms with van der Waals surface area (Å²) >= 11 is 11.7. The second kappa shape index (κ2) is 8.57. The number of halogens is 2. The third-order valence-corrected chi connectivity index (χ3v) is 3.38. The van der Waals surface area contributed by atoms with Gasteiger partial charge in [0.05, 0.1) is 11.6 Å². The number of para-hydroxylation sites is 1. The Labute approximate surface area is 149 Å². The highest BCUT2D eigenvalue weighted by Gasteiger charge is 2.16. The van der Waals surface area contributed by atoms with Crippen LogP contribution in [-0.2, 0) is 9.53 Å². The SMILES string of the molecule is CCOC(=O)c1ccccc1OC(=O)COc1ccc(Cl)cc1Cl. The van der Waals surface area contributed by atoms with Crippen LogP contribution in [0.4, 0.5) is 0 Å². The quantitative estimate of drug-likeness (QED) is 0.565. The summed E-state index contributed by atoms with van der Waals surface area (Å²) in [5.41, 5.74) is 0.164. The second-order valence-electron chi connectivity index (χ2n) is 4.55. The van der Waals surface area contributed by atoms with E-state index in [1.165, 1.54) is 18.2 Å². The Morgan fingerprint density at radius 1 is 1.04 bits per heavy atom. The van der Waals surface area contributed by atoms with Crippen molar-refractivity contribution in [3.8, 4) is 11.5 Å². The van der Waals surface area contributed by atoms with Gasteiger partial charge in [-0.2, -0.15) is 0 Å². The van der Waals surface area contributed by atoms with Crippen molar-refractivity contribution in [3.63, 3.8) is 0 Å². The molecule has 0 heterocycles. The Kier molecular flexibility index (Phi) is 6.46. The lowest BCUT2D eigenvalue weighted by Gasteiger charge is -2.10. The van der Waals surface area contributed by atoms with Gasteiger partial charge in [-0.3, -0.25) is 0 Å². The molecular formula is C17H14Cl2O5. The van der Waals surface area contributed by atoms with Crippen molar-refractivity contribution >= 4 is 35.1 Å². The predicted octanol–water partition coefficient (Wildman–Crippen LogP) is 4.15. The minimum absolute atomic E-state index is 0.103. The van der Waals surface area contributed by atoms with Crippen LogP contribution in [0.25, 0.3) is 0 Å². The van der Waals surface area contributed by atoms with Crippen LogP contribution in [0.15, 0.2) is 42.5 Å². The summed E-state index contributed by atoms with van der Waals surface area (Å²) in [5.74, 6) is -0.844. The molecule has 0 radical (unpaired) electrons. The number of esters is 2. The summed E-state index contributed by atoms with van der Waals surface area (Å²) in [6.07, 6.45) is 0. The fourth-order valence-electron chi connectivity index (χ4n) is 1.81. The van der Waals surface area contributed by atoms with Gasteiger partial charge in [0.2, 0.25) is 0 Å². The maximum absolute atomic E-state index is 11.9. The summed E-state index contributed by atoms with van der Waals surface area (Å²) in [6, 6.07) is 10.9. The first-order valence-corrected chi connectivity index (χ1v) is 7.81. The first-order chi connectivity index (χ1) is 11.5. The van der Waals surface area contributed by atoms with Crippen molar-refractivity contribution < 1.29 is 23.8 Å². The molecule has 0 saturated carbocycles. The van der Waals surface area contributed by atoms with E-state index in [1.54, 1.807) is 31.2 Å². The molecule has 7 heteroatoms. The lowest BCUT2D eigenvalue weighted by atomic mass is 10.2. The average molecular weight is 369 g/mol. The molecule has 0 spiro atoms. The fourth-order valence-corrected chi connectivity index (χ4v) is 2.28. The molecule has 0 fully saturated rings. The maximum Gasteiger partial charge on any atom is 0.349 e. The summed E-state index contributed by atoms with van der Waals surface area (Å²) in [5, 5.41) is 0.737. The molecule has 0 aliphatic heterocycles. The van der Waals surface area contributed by atoms with Crippen molar-refractivity contribution in [3.05, 3.63) is 58.1 Å². The molecule has 0 N–H and O–H groups in total. The van der Waals surface area contributed by atoms with Crippen molar-refractivity contribution in [1.82, 2.24) is 0 Å². The standard InChI is InChI=1S/C17H14Cl2O5/c1-2-22-17(21)12-5-3-4-6-14(12)24-16(20)10-23-15-8-7-11(18)9-13(15)19/h3-9H,2,10H2,1H3. The molecule has 0 amide bonds. The molecule has 0 atom stereocenters. The molecule has 0 saturated heterocycles. The van der Waals surface area contributed by atoms with Crippen LogP contribution in [-0.4, -0.2) is 25.2 Å². The van der Waals surface area contributed by atoms with E-state index in [1.807, 2.05) is 0 Å². The Morgan fingerprint density at radius 2 is 1.79 bits per heavy atom. The van der Waals surface area contributed by atoms with Gasteiger partial charge in [-0.05, 0) is 37.3 Å². The van der Waals surface area contributed by atoms with Crippen molar-refractivity contribution in [1.29, 1.82) is 0 Å². The highest BCUT2D eigenvalue weighted by molar-refractivity contribution is 6.35. The third-order valence-electron chi connectivity index (χ3n) is 2.85. The lowest BCUT2D eigenvalue weighted by Crippen LogP contribution is -2.19. The van der Waals surface area contributed by atoms with E-state index >= 15 is 0 Å². The molecule has 0 aliphatic carbocycles. The first kappa shape index (κ1) is 18.1. The molecule has 0 bridgehead atoms. The van der Waals surface area contributed by atoms with Gasteiger partial charge in [-0.25, -0.2) is 9.59 Å². The number of rotatable bonds is 6. The third kappa shape index (κ3) is 4.88. The highest BCUT2D eigenvalue weighted by Crippen LogP contribution is 2.27.